The van der Waals surface area contributed by atoms with Crippen molar-refractivity contribution in [1.29, 1.82) is 0 Å². The molecule has 158 valence electrons. The van der Waals surface area contributed by atoms with Gasteiger partial charge in [-0.05, 0) is 31.2 Å². The van der Waals surface area contributed by atoms with Crippen molar-refractivity contribution in [3.8, 4) is 0 Å². The maximum atomic E-state index is 13.0. The highest BCUT2D eigenvalue weighted by atomic mass is 32.1. The highest BCUT2D eigenvalue weighted by Crippen LogP contribution is 2.34. The standard InChI is InChI=1S/C23H28N4O2S/c1-3-17-21-22(25-20(24-17)13-15-29-2)26-23(30-21)27-14-7-10-18(27)19(28)12-11-16-8-5-4-6-9-16/h4-6,8-9,18H,3,7,10-15H2,1-2H3/t18-/m1/s1. The lowest BCUT2D eigenvalue weighted by molar-refractivity contribution is -0.120. The number of anilines is 1. The normalized spacial score (nSPS) is 16.5. The van der Waals surface area contributed by atoms with Gasteiger partial charge in [-0.1, -0.05) is 48.6 Å². The van der Waals surface area contributed by atoms with E-state index in [9.17, 15) is 4.79 Å². The van der Waals surface area contributed by atoms with E-state index in [1.165, 1.54) is 5.56 Å². The first-order valence-electron chi connectivity index (χ1n) is 10.7. The summed E-state index contributed by atoms with van der Waals surface area (Å²) in [6.45, 7) is 3.57. The summed E-state index contributed by atoms with van der Waals surface area (Å²) in [6, 6.07) is 10.1. The second kappa shape index (κ2) is 9.62. The summed E-state index contributed by atoms with van der Waals surface area (Å²) < 4.78 is 6.21. The molecule has 7 heteroatoms. The molecule has 4 rings (SSSR count). The second-order valence-electron chi connectivity index (χ2n) is 7.64. The van der Waals surface area contributed by atoms with Crippen LogP contribution < -0.4 is 4.90 Å². The summed E-state index contributed by atoms with van der Waals surface area (Å²) in [5.74, 6) is 1.08. The average molecular weight is 425 g/mol. The Morgan fingerprint density at radius 3 is 2.80 bits per heavy atom. The van der Waals surface area contributed by atoms with E-state index in [1.807, 2.05) is 18.2 Å². The van der Waals surface area contributed by atoms with Gasteiger partial charge in [0.1, 0.15) is 5.82 Å². The molecule has 0 N–H and O–H groups in total. The van der Waals surface area contributed by atoms with E-state index in [-0.39, 0.29) is 6.04 Å². The Bertz CT molecular complexity index is 1010. The van der Waals surface area contributed by atoms with Gasteiger partial charge in [0.25, 0.3) is 0 Å². The first-order chi connectivity index (χ1) is 14.7. The molecule has 2 aromatic heterocycles. The van der Waals surface area contributed by atoms with Crippen LogP contribution in [0.1, 0.15) is 43.3 Å². The Labute approximate surface area is 181 Å². The van der Waals surface area contributed by atoms with E-state index in [0.717, 1.165) is 59.2 Å². The summed E-state index contributed by atoms with van der Waals surface area (Å²) in [5.41, 5.74) is 2.98. The first-order valence-corrected chi connectivity index (χ1v) is 11.5. The summed E-state index contributed by atoms with van der Waals surface area (Å²) in [4.78, 5) is 29.4. The molecule has 1 aliphatic heterocycles. The molecule has 0 unspecified atom stereocenters. The Kier molecular flexibility index (Phi) is 6.69. The number of aromatic nitrogens is 3. The van der Waals surface area contributed by atoms with Crippen LogP contribution >= 0.6 is 11.3 Å². The van der Waals surface area contributed by atoms with E-state index in [1.54, 1.807) is 18.4 Å². The second-order valence-corrected chi connectivity index (χ2v) is 8.61. The highest BCUT2D eigenvalue weighted by Gasteiger charge is 2.32. The maximum Gasteiger partial charge on any atom is 0.188 e. The number of fused-ring (bicyclic) bond motifs is 1. The fraction of sp³-hybridized carbons (Fsp3) is 0.478. The molecule has 1 aliphatic rings. The van der Waals surface area contributed by atoms with E-state index < -0.39 is 0 Å². The fourth-order valence-electron chi connectivity index (χ4n) is 4.00. The zero-order valence-electron chi connectivity index (χ0n) is 17.6. The van der Waals surface area contributed by atoms with Crippen molar-refractivity contribution < 1.29 is 9.53 Å². The molecule has 0 saturated carbocycles. The van der Waals surface area contributed by atoms with E-state index in [0.29, 0.717) is 25.2 Å². The Hall–Kier alpha value is -2.38. The van der Waals surface area contributed by atoms with Gasteiger partial charge in [0.15, 0.2) is 16.6 Å². The first kappa shape index (κ1) is 20.9. The molecular formula is C23H28N4O2S. The number of ether oxygens (including phenoxy) is 1. The summed E-state index contributed by atoms with van der Waals surface area (Å²) in [6.07, 6.45) is 4.78. The topological polar surface area (TPSA) is 68.2 Å². The van der Waals surface area contributed by atoms with Gasteiger partial charge in [0, 0.05) is 26.5 Å². The van der Waals surface area contributed by atoms with Crippen LogP contribution in [-0.4, -0.2) is 47.0 Å². The lowest BCUT2D eigenvalue weighted by Crippen LogP contribution is -2.36. The fourth-order valence-corrected chi connectivity index (χ4v) is 5.14. The third-order valence-electron chi connectivity index (χ3n) is 5.60. The number of carbonyl (C=O) groups excluding carboxylic acids is 1. The largest absolute Gasteiger partial charge is 0.384 e. The van der Waals surface area contributed by atoms with Crippen LogP contribution in [0.3, 0.4) is 0 Å². The molecule has 1 fully saturated rings. The van der Waals surface area contributed by atoms with Crippen LogP contribution in [-0.2, 0) is 28.8 Å². The summed E-state index contributed by atoms with van der Waals surface area (Å²) in [7, 11) is 1.68. The molecular weight excluding hydrogens is 396 g/mol. The Morgan fingerprint density at radius 2 is 2.03 bits per heavy atom. The van der Waals surface area contributed by atoms with Crippen LogP contribution in [0.2, 0.25) is 0 Å². The van der Waals surface area contributed by atoms with Crippen molar-refractivity contribution in [3.63, 3.8) is 0 Å². The highest BCUT2D eigenvalue weighted by molar-refractivity contribution is 7.22. The third-order valence-corrected chi connectivity index (χ3v) is 6.73. The molecule has 0 aliphatic carbocycles. The van der Waals surface area contributed by atoms with Crippen LogP contribution in [0.25, 0.3) is 10.3 Å². The zero-order valence-corrected chi connectivity index (χ0v) is 18.5. The smallest absolute Gasteiger partial charge is 0.188 e. The van der Waals surface area contributed by atoms with Crippen molar-refractivity contribution in [3.05, 3.63) is 47.4 Å². The number of ketones is 1. The molecule has 3 aromatic rings. The molecule has 3 heterocycles. The number of nitrogens with zero attached hydrogens (tertiary/aromatic N) is 4. The van der Waals surface area contributed by atoms with Crippen molar-refractivity contribution in [2.45, 2.75) is 51.5 Å². The van der Waals surface area contributed by atoms with Crippen LogP contribution in [0.15, 0.2) is 30.3 Å². The van der Waals surface area contributed by atoms with Crippen molar-refractivity contribution in [2.75, 3.05) is 25.2 Å². The molecule has 0 radical (unpaired) electrons. The van der Waals surface area contributed by atoms with Gasteiger partial charge in [0.05, 0.1) is 23.0 Å². The van der Waals surface area contributed by atoms with Crippen molar-refractivity contribution in [1.82, 2.24) is 15.0 Å². The SMILES string of the molecule is CCc1nc(CCOC)nc2nc(N3CCC[C@@H]3C(=O)CCc3ccccc3)sc12. The third kappa shape index (κ3) is 4.52. The lowest BCUT2D eigenvalue weighted by atomic mass is 10.0. The molecule has 6 nitrogen and oxygen atoms in total. The van der Waals surface area contributed by atoms with Gasteiger partial charge in [-0.3, -0.25) is 4.79 Å². The number of thiazole rings is 1. The minimum Gasteiger partial charge on any atom is -0.384 e. The number of hydrogen-bond acceptors (Lipinski definition) is 7. The van der Waals surface area contributed by atoms with E-state index in [2.05, 4.69) is 28.9 Å². The number of methoxy groups -OCH3 is 1. The van der Waals surface area contributed by atoms with Crippen LogP contribution in [0, 0.1) is 0 Å². The zero-order chi connectivity index (χ0) is 20.9. The predicted octanol–water partition coefficient (Wildman–Crippen LogP) is 4.01. The summed E-state index contributed by atoms with van der Waals surface area (Å²) >= 11 is 1.62. The van der Waals surface area contributed by atoms with E-state index >= 15 is 0 Å². The number of rotatable bonds is 9. The Balaban J connectivity index is 1.53. The molecule has 1 atom stereocenters. The number of Topliss-reactive ketones (excluding diaryl/α,β-unsaturated/α-hetero) is 1. The maximum absolute atomic E-state index is 13.0. The minimum atomic E-state index is -0.0831. The van der Waals surface area contributed by atoms with Gasteiger partial charge in [0.2, 0.25) is 0 Å². The molecule has 1 aromatic carbocycles. The number of aryl methyl sites for hydroxylation is 2. The predicted molar refractivity (Wildman–Crippen MR) is 120 cm³/mol. The van der Waals surface area contributed by atoms with Crippen LogP contribution in [0.5, 0.6) is 0 Å². The van der Waals surface area contributed by atoms with Gasteiger partial charge in [-0.2, -0.15) is 4.98 Å². The number of hydrogen-bond donors (Lipinski definition) is 0. The van der Waals surface area contributed by atoms with Gasteiger partial charge >= 0.3 is 0 Å². The lowest BCUT2D eigenvalue weighted by Gasteiger charge is -2.22. The quantitative estimate of drug-likeness (QED) is 0.517. The minimum absolute atomic E-state index is 0.0831. The average Bonchev–Trinajstić information content (AvgIpc) is 3.43. The van der Waals surface area contributed by atoms with Gasteiger partial charge in [-0.15, -0.1) is 0 Å². The van der Waals surface area contributed by atoms with Crippen molar-refractivity contribution >= 4 is 32.6 Å². The number of benzene rings is 1. The summed E-state index contributed by atoms with van der Waals surface area (Å²) in [5, 5.41) is 0.897. The molecule has 1 saturated heterocycles. The Morgan fingerprint density at radius 1 is 1.20 bits per heavy atom. The number of carbonyl (C=O) groups is 1. The molecule has 0 amide bonds. The van der Waals surface area contributed by atoms with Crippen LogP contribution in [0.4, 0.5) is 5.13 Å². The van der Waals surface area contributed by atoms with Gasteiger partial charge in [-0.25, -0.2) is 9.97 Å². The molecule has 0 bridgehead atoms. The van der Waals surface area contributed by atoms with E-state index in [4.69, 9.17) is 14.7 Å². The van der Waals surface area contributed by atoms with Crippen molar-refractivity contribution in [2.24, 2.45) is 0 Å². The molecule has 30 heavy (non-hydrogen) atoms. The van der Waals surface area contributed by atoms with Gasteiger partial charge < -0.3 is 9.64 Å². The monoisotopic (exact) mass is 424 g/mol. The molecule has 0 spiro atoms.